The maximum Gasteiger partial charge on any atom is 0.492 e. The van der Waals surface area contributed by atoms with E-state index in [2.05, 4.69) is 26.0 Å². The quantitative estimate of drug-likeness (QED) is 0.457. The molecular weight excluding hydrogens is 358 g/mol. The Balaban J connectivity index is 1.77. The minimum absolute atomic E-state index is 0.0471. The molecule has 2 aromatic rings. The lowest BCUT2D eigenvalue weighted by Crippen LogP contribution is -2.33. The van der Waals surface area contributed by atoms with Crippen molar-refractivity contribution in [2.24, 2.45) is 0 Å². The summed E-state index contributed by atoms with van der Waals surface area (Å²) in [4.78, 5) is 38.9. The van der Waals surface area contributed by atoms with Gasteiger partial charge in [-0.2, -0.15) is 4.68 Å². The summed E-state index contributed by atoms with van der Waals surface area (Å²) in [6.07, 6.45) is 0. The standard InChI is InChI=1S/C12H8BrN5O4/c13-11-14-12(18(21)22)15-17(11)6-5-16-9(19)7-3-1-2-4-8(7)10(16)20/h1-4H,5-6H2. The highest BCUT2D eigenvalue weighted by Gasteiger charge is 2.35. The van der Waals surface area contributed by atoms with E-state index in [-0.39, 0.29) is 29.6 Å². The first kappa shape index (κ1) is 14.3. The zero-order valence-electron chi connectivity index (χ0n) is 11.0. The van der Waals surface area contributed by atoms with Gasteiger partial charge >= 0.3 is 5.95 Å². The highest BCUT2D eigenvalue weighted by Crippen LogP contribution is 2.22. The third kappa shape index (κ3) is 2.26. The van der Waals surface area contributed by atoms with Gasteiger partial charge in [-0.25, -0.2) is 0 Å². The number of amides is 2. The molecule has 1 aromatic carbocycles. The molecule has 0 saturated heterocycles. The molecule has 1 aliphatic heterocycles. The lowest BCUT2D eigenvalue weighted by molar-refractivity contribution is -0.394. The van der Waals surface area contributed by atoms with Gasteiger partial charge < -0.3 is 10.1 Å². The van der Waals surface area contributed by atoms with E-state index in [4.69, 9.17) is 0 Å². The van der Waals surface area contributed by atoms with Crippen LogP contribution in [0.25, 0.3) is 0 Å². The van der Waals surface area contributed by atoms with Gasteiger partial charge in [-0.15, -0.1) is 0 Å². The Morgan fingerprint density at radius 1 is 1.14 bits per heavy atom. The van der Waals surface area contributed by atoms with E-state index in [0.29, 0.717) is 11.1 Å². The molecule has 112 valence electrons. The second-order valence-corrected chi connectivity index (χ2v) is 5.18. The van der Waals surface area contributed by atoms with Crippen LogP contribution in [0, 0.1) is 10.1 Å². The summed E-state index contributed by atoms with van der Waals surface area (Å²) in [5.74, 6) is -1.31. The Labute approximate surface area is 131 Å². The Bertz CT molecular complexity index is 768. The molecule has 2 amide bonds. The van der Waals surface area contributed by atoms with Gasteiger partial charge in [0.1, 0.15) is 0 Å². The molecule has 2 heterocycles. The largest absolute Gasteiger partial charge is 0.492 e. The molecule has 0 saturated carbocycles. The number of nitro groups is 1. The van der Waals surface area contributed by atoms with Crippen LogP contribution >= 0.6 is 15.9 Å². The number of carbonyl (C=O) groups is 2. The summed E-state index contributed by atoms with van der Waals surface area (Å²) < 4.78 is 1.39. The number of nitrogens with zero attached hydrogens (tertiary/aromatic N) is 5. The first-order valence-electron chi connectivity index (χ1n) is 6.19. The third-order valence-corrected chi connectivity index (χ3v) is 3.78. The smallest absolute Gasteiger partial charge is 0.390 e. The van der Waals surface area contributed by atoms with Crippen LogP contribution in [-0.2, 0) is 6.54 Å². The van der Waals surface area contributed by atoms with Gasteiger partial charge in [0.2, 0.25) is 0 Å². The van der Waals surface area contributed by atoms with Gasteiger partial charge in [0, 0.05) is 21.0 Å². The van der Waals surface area contributed by atoms with Crippen LogP contribution in [0.4, 0.5) is 5.95 Å². The molecule has 10 heteroatoms. The summed E-state index contributed by atoms with van der Waals surface area (Å²) in [6.45, 7) is 0.151. The molecular formula is C12H8BrN5O4. The van der Waals surface area contributed by atoms with E-state index in [1.165, 1.54) is 4.68 Å². The lowest BCUT2D eigenvalue weighted by Gasteiger charge is -2.12. The van der Waals surface area contributed by atoms with Crippen molar-refractivity contribution in [2.75, 3.05) is 6.54 Å². The van der Waals surface area contributed by atoms with Crippen LogP contribution in [0.15, 0.2) is 29.0 Å². The van der Waals surface area contributed by atoms with Gasteiger partial charge in [-0.05, 0) is 22.0 Å². The molecule has 0 bridgehead atoms. The summed E-state index contributed by atoms with van der Waals surface area (Å²) in [5, 5.41) is 14.3. The molecule has 0 N–H and O–H groups in total. The molecule has 0 atom stereocenters. The van der Waals surface area contributed by atoms with Crippen molar-refractivity contribution in [3.05, 3.63) is 50.2 Å². The van der Waals surface area contributed by atoms with Gasteiger partial charge in [0.15, 0.2) is 0 Å². The fourth-order valence-electron chi connectivity index (χ4n) is 2.17. The average Bonchev–Trinajstić information content (AvgIpc) is 2.98. The minimum Gasteiger partial charge on any atom is -0.390 e. The Morgan fingerprint density at radius 2 is 1.73 bits per heavy atom. The van der Waals surface area contributed by atoms with Crippen molar-refractivity contribution >= 4 is 33.7 Å². The van der Waals surface area contributed by atoms with E-state index in [9.17, 15) is 19.7 Å². The lowest BCUT2D eigenvalue weighted by atomic mass is 10.1. The zero-order chi connectivity index (χ0) is 15.9. The molecule has 9 nitrogen and oxygen atoms in total. The van der Waals surface area contributed by atoms with Crippen molar-refractivity contribution in [1.29, 1.82) is 0 Å². The zero-order valence-corrected chi connectivity index (χ0v) is 12.6. The SMILES string of the molecule is O=C1c2ccccc2C(=O)N1CCn1nc([N+](=O)[O-])nc1Br. The highest BCUT2D eigenvalue weighted by molar-refractivity contribution is 9.10. The fourth-order valence-corrected chi connectivity index (χ4v) is 2.58. The Hall–Kier alpha value is -2.62. The Morgan fingerprint density at radius 3 is 2.23 bits per heavy atom. The van der Waals surface area contributed by atoms with Gasteiger partial charge in [0.25, 0.3) is 16.5 Å². The third-order valence-electron chi connectivity index (χ3n) is 3.19. The second-order valence-electron chi connectivity index (χ2n) is 4.47. The van der Waals surface area contributed by atoms with Crippen LogP contribution in [0.3, 0.4) is 0 Å². The predicted octanol–water partition coefficient (Wildman–Crippen LogP) is 1.24. The number of imide groups is 1. The molecule has 0 radical (unpaired) electrons. The van der Waals surface area contributed by atoms with Crippen molar-refractivity contribution in [3.8, 4) is 0 Å². The molecule has 0 unspecified atom stereocenters. The number of halogens is 1. The van der Waals surface area contributed by atoms with Crippen molar-refractivity contribution in [2.45, 2.75) is 6.54 Å². The van der Waals surface area contributed by atoms with Crippen LogP contribution in [0.2, 0.25) is 0 Å². The monoisotopic (exact) mass is 365 g/mol. The normalized spacial score (nSPS) is 13.6. The minimum atomic E-state index is -0.719. The van der Waals surface area contributed by atoms with Gasteiger partial charge in [0.05, 0.1) is 24.2 Å². The number of carbonyl (C=O) groups excluding carboxylic acids is 2. The van der Waals surface area contributed by atoms with E-state index >= 15 is 0 Å². The summed E-state index contributed by atoms with van der Waals surface area (Å²) in [6, 6.07) is 6.55. The first-order valence-corrected chi connectivity index (χ1v) is 6.98. The number of benzene rings is 1. The van der Waals surface area contributed by atoms with E-state index in [1.54, 1.807) is 24.3 Å². The van der Waals surface area contributed by atoms with Gasteiger partial charge in [-0.1, -0.05) is 12.1 Å². The first-order chi connectivity index (χ1) is 10.5. The molecule has 1 aliphatic rings. The number of rotatable bonds is 4. The summed E-state index contributed by atoms with van der Waals surface area (Å²) in [5.41, 5.74) is 0.715. The molecule has 3 rings (SSSR count). The van der Waals surface area contributed by atoms with Crippen LogP contribution < -0.4 is 0 Å². The molecule has 0 spiro atoms. The maximum absolute atomic E-state index is 12.2. The number of hydrogen-bond donors (Lipinski definition) is 0. The number of fused-ring (bicyclic) bond motifs is 1. The predicted molar refractivity (Wildman–Crippen MR) is 76.2 cm³/mol. The second kappa shape index (κ2) is 5.30. The molecule has 0 fully saturated rings. The van der Waals surface area contributed by atoms with E-state index in [0.717, 1.165) is 4.90 Å². The summed E-state index contributed by atoms with van der Waals surface area (Å²) in [7, 11) is 0. The van der Waals surface area contributed by atoms with Crippen LogP contribution in [0.1, 0.15) is 20.7 Å². The number of aromatic nitrogens is 3. The Kier molecular flexibility index (Phi) is 3.45. The molecule has 22 heavy (non-hydrogen) atoms. The average molecular weight is 366 g/mol. The van der Waals surface area contributed by atoms with Crippen LogP contribution in [0.5, 0.6) is 0 Å². The summed E-state index contributed by atoms with van der Waals surface area (Å²) >= 11 is 3.05. The molecule has 1 aromatic heterocycles. The van der Waals surface area contributed by atoms with E-state index in [1.807, 2.05) is 0 Å². The van der Waals surface area contributed by atoms with Crippen molar-refractivity contribution < 1.29 is 14.5 Å². The molecule has 0 aliphatic carbocycles. The topological polar surface area (TPSA) is 111 Å². The van der Waals surface area contributed by atoms with Crippen molar-refractivity contribution in [1.82, 2.24) is 19.7 Å². The highest BCUT2D eigenvalue weighted by atomic mass is 79.9. The number of hydrogen-bond acceptors (Lipinski definition) is 6. The van der Waals surface area contributed by atoms with Crippen LogP contribution in [-0.4, -0.2) is 42.9 Å². The van der Waals surface area contributed by atoms with Crippen molar-refractivity contribution in [3.63, 3.8) is 0 Å². The maximum atomic E-state index is 12.2. The van der Waals surface area contributed by atoms with Gasteiger partial charge in [-0.3, -0.25) is 14.5 Å². The fraction of sp³-hybridized carbons (Fsp3) is 0.167. The van der Waals surface area contributed by atoms with E-state index < -0.39 is 10.9 Å².